The number of sulfone groups is 1. The van der Waals surface area contributed by atoms with Gasteiger partial charge in [0.05, 0.1) is 5.75 Å². The van der Waals surface area contributed by atoms with E-state index < -0.39 is 9.84 Å². The van der Waals surface area contributed by atoms with E-state index in [1.165, 1.54) is 38.6 Å². The van der Waals surface area contributed by atoms with Gasteiger partial charge in [0.15, 0.2) is 0 Å². The monoisotopic (exact) mass is 289 g/mol. The van der Waals surface area contributed by atoms with E-state index in [0.717, 1.165) is 25.2 Å². The topological polar surface area (TPSA) is 52.6 Å². The fraction of sp³-hybridized carbons (Fsp3) is 1.00. The number of fused-ring (bicyclic) bond motifs is 2. The normalized spacial score (nSPS) is 29.6. The summed E-state index contributed by atoms with van der Waals surface area (Å²) in [6.07, 6.45) is 5.26. The lowest BCUT2D eigenvalue weighted by Gasteiger charge is -2.25. The third-order valence-electron chi connectivity index (χ3n) is 4.49. The van der Waals surface area contributed by atoms with Gasteiger partial charge in [-0.3, -0.25) is 4.90 Å². The summed E-state index contributed by atoms with van der Waals surface area (Å²) in [6, 6.07) is 1.51. The number of nitrogens with zero attached hydrogens (tertiary/aromatic N) is 2. The Morgan fingerprint density at radius 1 is 1.16 bits per heavy atom. The first-order valence-electron chi connectivity index (χ1n) is 7.28. The highest BCUT2D eigenvalue weighted by molar-refractivity contribution is 7.90. The highest BCUT2D eigenvalue weighted by atomic mass is 32.2. The second-order valence-electron chi connectivity index (χ2n) is 6.02. The van der Waals surface area contributed by atoms with Crippen LogP contribution >= 0.6 is 0 Å². The quantitative estimate of drug-likeness (QED) is 0.686. The zero-order valence-electron chi connectivity index (χ0n) is 12.1. The van der Waals surface area contributed by atoms with Gasteiger partial charge >= 0.3 is 0 Å². The summed E-state index contributed by atoms with van der Waals surface area (Å²) >= 11 is 0. The van der Waals surface area contributed by atoms with Gasteiger partial charge in [-0.15, -0.1) is 0 Å². The first-order valence-corrected chi connectivity index (χ1v) is 9.34. The van der Waals surface area contributed by atoms with Crippen LogP contribution in [0, 0.1) is 0 Å². The summed E-state index contributed by atoms with van der Waals surface area (Å²) in [6.45, 7) is 4.83. The van der Waals surface area contributed by atoms with Crippen LogP contribution in [0.2, 0.25) is 0 Å². The second kappa shape index (κ2) is 6.52. The van der Waals surface area contributed by atoms with Crippen LogP contribution in [0.15, 0.2) is 0 Å². The Morgan fingerprint density at radius 2 is 1.89 bits per heavy atom. The summed E-state index contributed by atoms with van der Waals surface area (Å²) in [5, 5.41) is 3.23. The summed E-state index contributed by atoms with van der Waals surface area (Å²) in [5.74, 6) is 0.237. The highest BCUT2D eigenvalue weighted by Gasteiger charge is 2.34. The van der Waals surface area contributed by atoms with Crippen LogP contribution in [0.25, 0.3) is 0 Å². The van der Waals surface area contributed by atoms with E-state index in [0.29, 0.717) is 6.54 Å². The van der Waals surface area contributed by atoms with Crippen LogP contribution < -0.4 is 5.32 Å². The molecule has 0 radical (unpaired) electrons. The first-order chi connectivity index (χ1) is 8.96. The number of hydrogen-bond acceptors (Lipinski definition) is 5. The van der Waals surface area contributed by atoms with Crippen LogP contribution in [0.5, 0.6) is 0 Å². The number of nitrogens with one attached hydrogen (secondary N) is 1. The zero-order valence-corrected chi connectivity index (χ0v) is 13.0. The Labute approximate surface area is 117 Å². The number of likely N-dealkylation sites (tertiary alicyclic amines) is 1. The molecule has 2 fully saturated rings. The van der Waals surface area contributed by atoms with Crippen LogP contribution in [0.1, 0.15) is 19.3 Å². The lowest BCUT2D eigenvalue weighted by Crippen LogP contribution is -2.40. The molecule has 19 heavy (non-hydrogen) atoms. The lowest BCUT2D eigenvalue weighted by molar-refractivity contribution is 0.219. The number of rotatable bonds is 6. The van der Waals surface area contributed by atoms with Crippen LogP contribution in [-0.2, 0) is 9.84 Å². The summed E-state index contributed by atoms with van der Waals surface area (Å²) in [7, 11) is -0.572. The maximum absolute atomic E-state index is 11.0. The van der Waals surface area contributed by atoms with Crippen LogP contribution in [0.3, 0.4) is 0 Å². The maximum atomic E-state index is 11.0. The average molecular weight is 289 g/mol. The highest BCUT2D eigenvalue weighted by Crippen LogP contribution is 2.28. The van der Waals surface area contributed by atoms with Crippen molar-refractivity contribution >= 4 is 9.84 Å². The minimum Gasteiger partial charge on any atom is -0.314 e. The molecule has 5 nitrogen and oxygen atoms in total. The largest absolute Gasteiger partial charge is 0.314 e. The standard InChI is InChI=1S/C13H27N3O2S/c1-15-12-3-4-13(15)11-16(8-5-12)9-6-14-7-10-19(2,17)18/h12-14H,3-11H2,1-2H3. The molecule has 2 atom stereocenters. The van der Waals surface area contributed by atoms with Gasteiger partial charge in [-0.25, -0.2) is 8.42 Å². The molecule has 2 unspecified atom stereocenters. The predicted molar refractivity (Wildman–Crippen MR) is 78.2 cm³/mol. The van der Waals surface area contributed by atoms with Crippen molar-refractivity contribution in [3.8, 4) is 0 Å². The van der Waals surface area contributed by atoms with Gasteiger partial charge in [-0.05, 0) is 32.9 Å². The van der Waals surface area contributed by atoms with Crippen LogP contribution in [-0.4, -0.2) is 82.1 Å². The van der Waals surface area contributed by atoms with Gasteiger partial charge < -0.3 is 10.2 Å². The molecule has 0 amide bonds. The molecule has 0 aromatic heterocycles. The summed E-state index contributed by atoms with van der Waals surface area (Å²) in [5.41, 5.74) is 0. The molecular formula is C13H27N3O2S. The molecule has 0 aromatic carbocycles. The van der Waals surface area contributed by atoms with Crippen molar-refractivity contribution in [2.24, 2.45) is 0 Å². The van der Waals surface area contributed by atoms with E-state index in [1.807, 2.05) is 0 Å². The van der Waals surface area contributed by atoms with Gasteiger partial charge in [0.2, 0.25) is 0 Å². The van der Waals surface area contributed by atoms with Crippen LogP contribution in [0.4, 0.5) is 0 Å². The average Bonchev–Trinajstić information content (AvgIpc) is 2.54. The molecule has 2 aliphatic rings. The van der Waals surface area contributed by atoms with Gasteiger partial charge in [-0.2, -0.15) is 0 Å². The van der Waals surface area contributed by atoms with Crippen molar-refractivity contribution in [3.63, 3.8) is 0 Å². The molecule has 2 saturated heterocycles. The molecule has 0 aromatic rings. The van der Waals surface area contributed by atoms with Crippen molar-refractivity contribution in [2.45, 2.75) is 31.3 Å². The molecule has 112 valence electrons. The molecule has 2 rings (SSSR count). The Bertz CT molecular complexity index is 385. The molecule has 1 N–H and O–H groups in total. The fourth-order valence-electron chi connectivity index (χ4n) is 3.20. The zero-order chi connectivity index (χ0) is 13.9. The second-order valence-corrected chi connectivity index (χ2v) is 8.28. The molecule has 6 heteroatoms. The number of likely N-dealkylation sites (N-methyl/N-ethyl adjacent to an activating group) is 1. The summed E-state index contributed by atoms with van der Waals surface area (Å²) < 4.78 is 22.0. The van der Waals surface area contributed by atoms with E-state index in [9.17, 15) is 8.42 Å². The SMILES string of the molecule is CN1C2CCC1CN(CCNCCS(C)(=O)=O)CC2. The Balaban J connectivity index is 1.64. The molecule has 0 spiro atoms. The molecule has 2 aliphatic heterocycles. The molecular weight excluding hydrogens is 262 g/mol. The Morgan fingerprint density at radius 3 is 2.63 bits per heavy atom. The van der Waals surface area contributed by atoms with E-state index in [-0.39, 0.29) is 5.75 Å². The third kappa shape index (κ3) is 4.70. The van der Waals surface area contributed by atoms with Crippen molar-refractivity contribution in [1.82, 2.24) is 15.1 Å². The van der Waals surface area contributed by atoms with E-state index in [1.54, 1.807) is 0 Å². The minimum absolute atomic E-state index is 0.237. The van der Waals surface area contributed by atoms with Crippen molar-refractivity contribution in [3.05, 3.63) is 0 Å². The molecule has 0 saturated carbocycles. The van der Waals surface area contributed by atoms with E-state index in [2.05, 4.69) is 22.2 Å². The summed E-state index contributed by atoms with van der Waals surface area (Å²) in [4.78, 5) is 5.07. The van der Waals surface area contributed by atoms with Crippen molar-refractivity contribution in [2.75, 3.05) is 51.8 Å². The smallest absolute Gasteiger partial charge is 0.148 e. The number of hydrogen-bond donors (Lipinski definition) is 1. The lowest BCUT2D eigenvalue weighted by atomic mass is 10.1. The Hall–Kier alpha value is -0.170. The molecule has 2 bridgehead atoms. The Kier molecular flexibility index (Phi) is 5.22. The van der Waals surface area contributed by atoms with Gasteiger partial charge in [0.1, 0.15) is 9.84 Å². The first kappa shape index (κ1) is 15.2. The minimum atomic E-state index is -2.83. The fourth-order valence-corrected chi connectivity index (χ4v) is 3.72. The van der Waals surface area contributed by atoms with Gasteiger partial charge in [0, 0.05) is 44.5 Å². The predicted octanol–water partition coefficient (Wildman–Crippen LogP) is -0.211. The third-order valence-corrected chi connectivity index (χ3v) is 5.43. The maximum Gasteiger partial charge on any atom is 0.148 e. The van der Waals surface area contributed by atoms with E-state index in [4.69, 9.17) is 0 Å². The van der Waals surface area contributed by atoms with Crippen molar-refractivity contribution < 1.29 is 8.42 Å². The van der Waals surface area contributed by atoms with Crippen molar-refractivity contribution in [1.29, 1.82) is 0 Å². The van der Waals surface area contributed by atoms with Gasteiger partial charge in [0.25, 0.3) is 0 Å². The van der Waals surface area contributed by atoms with E-state index >= 15 is 0 Å². The van der Waals surface area contributed by atoms with Gasteiger partial charge in [-0.1, -0.05) is 0 Å². The molecule has 0 aliphatic carbocycles. The molecule has 2 heterocycles.